The fraction of sp³-hybridized carbons (Fsp3) is 1.00. The van der Waals surface area contributed by atoms with E-state index in [0.717, 1.165) is 0 Å². The number of nitrogens with zero attached hydrogens (tertiary/aromatic N) is 6. The highest BCUT2D eigenvalue weighted by molar-refractivity contribution is 4.77. The molecule has 6 nitrogen and oxygen atoms in total. The Morgan fingerprint density at radius 2 is 0.625 bits per heavy atom. The molecule has 6 heteroatoms. The van der Waals surface area contributed by atoms with Crippen LogP contribution in [0.2, 0.25) is 0 Å². The van der Waals surface area contributed by atoms with Gasteiger partial charge < -0.3 is 19.6 Å². The predicted molar refractivity (Wildman–Crippen MR) is 103 cm³/mol. The quantitative estimate of drug-likeness (QED) is 0.682. The van der Waals surface area contributed by atoms with Crippen molar-refractivity contribution >= 4 is 0 Å². The summed E-state index contributed by atoms with van der Waals surface area (Å²) in [6.45, 7) is 16.5. The summed E-state index contributed by atoms with van der Waals surface area (Å²) >= 11 is 0. The maximum atomic E-state index is 2.69. The van der Waals surface area contributed by atoms with E-state index in [1.165, 1.54) is 78.5 Å². The van der Waals surface area contributed by atoms with Crippen molar-refractivity contribution in [2.45, 2.75) is 13.1 Å². The van der Waals surface area contributed by atoms with Crippen LogP contribution in [0.5, 0.6) is 0 Å². The van der Waals surface area contributed by atoms with Crippen molar-refractivity contribution in [3.8, 4) is 0 Å². The summed E-state index contributed by atoms with van der Waals surface area (Å²) in [4.78, 5) is 15.3. The van der Waals surface area contributed by atoms with Crippen LogP contribution in [0.3, 0.4) is 0 Å². The molecular formula is C18H40N6. The monoisotopic (exact) mass is 340 g/mol. The molecule has 0 aromatic carbocycles. The average Bonchev–Trinajstić information content (AvgIpc) is 2.69. The predicted octanol–water partition coefficient (Wildman–Crippen LogP) is -0.309. The summed E-state index contributed by atoms with van der Waals surface area (Å²) in [5, 5.41) is 0. The third-order valence-electron chi connectivity index (χ3n) is 5.86. The van der Waals surface area contributed by atoms with Gasteiger partial charge in [-0.05, 0) is 35.1 Å². The van der Waals surface area contributed by atoms with E-state index >= 15 is 0 Å². The Morgan fingerprint density at radius 1 is 0.417 bits per heavy atom. The normalized spacial score (nSPS) is 27.2. The minimum Gasteiger partial charge on any atom is -0.304 e. The fourth-order valence-corrected chi connectivity index (χ4v) is 3.53. The van der Waals surface area contributed by atoms with E-state index in [-0.39, 0.29) is 0 Å². The second-order valence-corrected chi connectivity index (χ2v) is 7.92. The van der Waals surface area contributed by atoms with Crippen LogP contribution in [0, 0.1) is 0 Å². The van der Waals surface area contributed by atoms with Crippen LogP contribution in [-0.2, 0) is 0 Å². The first-order valence-electron chi connectivity index (χ1n) is 9.68. The van der Waals surface area contributed by atoms with Gasteiger partial charge in [-0.25, -0.2) is 0 Å². The van der Waals surface area contributed by atoms with E-state index in [1.54, 1.807) is 0 Å². The highest BCUT2D eigenvalue weighted by Crippen LogP contribution is 2.09. The second-order valence-electron chi connectivity index (χ2n) is 7.92. The van der Waals surface area contributed by atoms with Gasteiger partial charge in [0.2, 0.25) is 0 Å². The molecule has 2 aliphatic heterocycles. The van der Waals surface area contributed by atoms with E-state index in [2.05, 4.69) is 64.5 Å². The van der Waals surface area contributed by atoms with Gasteiger partial charge in [-0.15, -0.1) is 0 Å². The van der Waals surface area contributed by atoms with E-state index in [0.29, 0.717) is 6.17 Å². The topological polar surface area (TPSA) is 19.4 Å². The Kier molecular flexibility index (Phi) is 8.40. The van der Waals surface area contributed by atoms with Gasteiger partial charge in [0.15, 0.2) is 0 Å². The molecule has 0 spiro atoms. The molecule has 2 rings (SSSR count). The molecule has 2 heterocycles. The van der Waals surface area contributed by atoms with Crippen molar-refractivity contribution in [2.75, 3.05) is 107 Å². The van der Waals surface area contributed by atoms with Crippen LogP contribution in [0.15, 0.2) is 0 Å². The van der Waals surface area contributed by atoms with Crippen molar-refractivity contribution in [1.82, 2.24) is 29.4 Å². The van der Waals surface area contributed by atoms with Crippen LogP contribution in [-0.4, -0.2) is 142 Å². The first-order chi connectivity index (χ1) is 11.5. The van der Waals surface area contributed by atoms with Crippen LogP contribution < -0.4 is 0 Å². The Hall–Kier alpha value is -0.240. The van der Waals surface area contributed by atoms with Gasteiger partial charge >= 0.3 is 0 Å². The molecule has 0 radical (unpaired) electrons. The molecule has 0 atom stereocenters. The lowest BCUT2D eigenvalue weighted by molar-refractivity contribution is 0.0428. The third kappa shape index (κ3) is 6.58. The van der Waals surface area contributed by atoms with Gasteiger partial charge in [0, 0.05) is 78.5 Å². The Bertz CT molecular complexity index is 292. The molecular weight excluding hydrogens is 300 g/mol. The van der Waals surface area contributed by atoms with E-state index in [9.17, 15) is 0 Å². The molecule has 24 heavy (non-hydrogen) atoms. The highest BCUT2D eigenvalue weighted by Gasteiger charge is 2.23. The lowest BCUT2D eigenvalue weighted by Gasteiger charge is -2.39. The highest BCUT2D eigenvalue weighted by atomic mass is 15.4. The molecule has 0 aromatic heterocycles. The van der Waals surface area contributed by atoms with E-state index < -0.39 is 0 Å². The smallest absolute Gasteiger partial charge is 0.0595 e. The van der Waals surface area contributed by atoms with Crippen LogP contribution >= 0.6 is 0 Å². The molecule has 0 unspecified atom stereocenters. The maximum absolute atomic E-state index is 2.69. The maximum Gasteiger partial charge on any atom is 0.0595 e. The van der Waals surface area contributed by atoms with E-state index in [4.69, 9.17) is 0 Å². The third-order valence-corrected chi connectivity index (χ3v) is 5.86. The summed E-state index contributed by atoms with van der Waals surface area (Å²) in [6.07, 6.45) is 0.518. The zero-order valence-corrected chi connectivity index (χ0v) is 16.7. The molecule has 0 aliphatic carbocycles. The fourth-order valence-electron chi connectivity index (χ4n) is 3.53. The summed E-state index contributed by atoms with van der Waals surface area (Å²) in [5.74, 6) is 0. The van der Waals surface area contributed by atoms with Gasteiger partial charge in [-0.1, -0.05) is 0 Å². The Morgan fingerprint density at radius 3 is 0.875 bits per heavy atom. The second kappa shape index (κ2) is 10.0. The first-order valence-corrected chi connectivity index (χ1v) is 9.68. The van der Waals surface area contributed by atoms with Crippen molar-refractivity contribution in [2.24, 2.45) is 0 Å². The molecule has 142 valence electrons. The zero-order chi connectivity index (χ0) is 17.5. The lowest BCUT2D eigenvalue weighted by atomic mass is 10.3. The summed E-state index contributed by atoms with van der Waals surface area (Å²) in [6, 6.07) is 0. The zero-order valence-electron chi connectivity index (χ0n) is 16.7. The van der Waals surface area contributed by atoms with E-state index in [1.807, 2.05) is 0 Å². The molecule has 0 saturated carbocycles. The molecule has 2 aliphatic rings. The number of likely N-dealkylation sites (N-methyl/N-ethyl adjacent to an activating group) is 4. The van der Waals surface area contributed by atoms with Crippen molar-refractivity contribution < 1.29 is 0 Å². The average molecular weight is 341 g/mol. The Labute approximate surface area is 149 Å². The minimum atomic E-state index is 0.518. The molecule has 2 fully saturated rings. The first kappa shape index (κ1) is 20.1. The van der Waals surface area contributed by atoms with Crippen LogP contribution in [0.25, 0.3) is 0 Å². The van der Waals surface area contributed by atoms with Gasteiger partial charge in [-0.2, -0.15) is 0 Å². The van der Waals surface area contributed by atoms with Crippen molar-refractivity contribution in [3.63, 3.8) is 0 Å². The number of hydrogen-bond donors (Lipinski definition) is 0. The molecule has 0 aromatic rings. The molecule has 2 saturated heterocycles. The largest absolute Gasteiger partial charge is 0.304 e. The molecule has 0 N–H and O–H groups in total. The number of hydrogen-bond acceptors (Lipinski definition) is 6. The van der Waals surface area contributed by atoms with Crippen molar-refractivity contribution in [3.05, 3.63) is 0 Å². The summed E-state index contributed by atoms with van der Waals surface area (Å²) < 4.78 is 0. The van der Waals surface area contributed by atoms with Gasteiger partial charge in [0.1, 0.15) is 0 Å². The van der Waals surface area contributed by atoms with Gasteiger partial charge in [0.05, 0.1) is 6.17 Å². The Balaban J connectivity index is 1.98. The molecule has 0 amide bonds. The van der Waals surface area contributed by atoms with Crippen molar-refractivity contribution in [1.29, 1.82) is 0 Å². The lowest BCUT2D eigenvalue weighted by Crippen LogP contribution is -2.52. The standard InChI is InChI=1S/C18H40N6/c1-18(23-14-10-19(2)6-7-20(3)11-15-23)24-16-12-21(4)8-9-22(5)13-17-24/h18H,6-17H2,1-5H3. The summed E-state index contributed by atoms with van der Waals surface area (Å²) in [5.41, 5.74) is 0. The van der Waals surface area contributed by atoms with Gasteiger partial charge in [0.25, 0.3) is 0 Å². The number of rotatable bonds is 2. The van der Waals surface area contributed by atoms with Crippen LogP contribution in [0.4, 0.5) is 0 Å². The SMILES string of the molecule is CC(N1CCN(C)CCN(C)CC1)N1CCN(C)CCN(C)CC1. The summed E-state index contributed by atoms with van der Waals surface area (Å²) in [7, 11) is 9.02. The molecule has 0 bridgehead atoms. The van der Waals surface area contributed by atoms with Gasteiger partial charge in [-0.3, -0.25) is 9.80 Å². The van der Waals surface area contributed by atoms with Crippen LogP contribution in [0.1, 0.15) is 6.92 Å². The minimum absolute atomic E-state index is 0.518.